The molecule has 0 bridgehead atoms. The van der Waals surface area contributed by atoms with Crippen LogP contribution in [-0.4, -0.2) is 18.2 Å². The second kappa shape index (κ2) is 4.76. The largest absolute Gasteiger partial charge is 0.493 e. The van der Waals surface area contributed by atoms with Crippen molar-refractivity contribution in [3.05, 3.63) is 28.5 Å². The van der Waals surface area contributed by atoms with Gasteiger partial charge in [0, 0.05) is 10.6 Å². The fourth-order valence-electron chi connectivity index (χ4n) is 2.70. The Bertz CT molecular complexity index is 481. The van der Waals surface area contributed by atoms with E-state index >= 15 is 0 Å². The summed E-state index contributed by atoms with van der Waals surface area (Å²) in [5.41, 5.74) is -0.725. The molecule has 18 heavy (non-hydrogen) atoms. The van der Waals surface area contributed by atoms with Crippen molar-refractivity contribution in [2.45, 2.75) is 31.1 Å². The van der Waals surface area contributed by atoms with E-state index in [1.807, 2.05) is 0 Å². The Morgan fingerprint density at radius 1 is 1.44 bits per heavy atom. The number of ether oxygens (including phenoxy) is 1. The SMILES string of the molecule is COc1c(F)cc(Cl)cc1C1(C(=O)O)CCCC1. The fraction of sp³-hybridized carbons (Fsp3) is 0.462. The molecule has 98 valence electrons. The molecule has 1 aliphatic rings. The third-order valence-electron chi connectivity index (χ3n) is 3.59. The molecule has 3 nitrogen and oxygen atoms in total. The van der Waals surface area contributed by atoms with Crippen molar-refractivity contribution < 1.29 is 19.0 Å². The van der Waals surface area contributed by atoms with E-state index in [0.29, 0.717) is 18.4 Å². The van der Waals surface area contributed by atoms with Gasteiger partial charge < -0.3 is 9.84 Å². The Morgan fingerprint density at radius 3 is 2.56 bits per heavy atom. The number of methoxy groups -OCH3 is 1. The van der Waals surface area contributed by atoms with Crippen LogP contribution in [0.5, 0.6) is 5.75 Å². The minimum Gasteiger partial charge on any atom is -0.493 e. The molecular weight excluding hydrogens is 259 g/mol. The highest BCUT2D eigenvalue weighted by Crippen LogP contribution is 2.46. The summed E-state index contributed by atoms with van der Waals surface area (Å²) in [5.74, 6) is -1.57. The lowest BCUT2D eigenvalue weighted by molar-refractivity contribution is -0.143. The molecule has 0 unspecified atom stereocenters. The third-order valence-corrected chi connectivity index (χ3v) is 3.81. The molecule has 2 rings (SSSR count). The molecule has 0 saturated heterocycles. The van der Waals surface area contributed by atoms with Crippen LogP contribution in [0.1, 0.15) is 31.2 Å². The first kappa shape index (κ1) is 13.1. The van der Waals surface area contributed by atoms with Gasteiger partial charge in [-0.15, -0.1) is 0 Å². The van der Waals surface area contributed by atoms with Crippen LogP contribution in [0, 0.1) is 5.82 Å². The van der Waals surface area contributed by atoms with Gasteiger partial charge in [-0.2, -0.15) is 0 Å². The molecule has 0 radical (unpaired) electrons. The fourth-order valence-corrected chi connectivity index (χ4v) is 2.91. The zero-order valence-corrected chi connectivity index (χ0v) is 10.8. The lowest BCUT2D eigenvalue weighted by Crippen LogP contribution is -2.33. The Kier molecular flexibility index (Phi) is 3.48. The van der Waals surface area contributed by atoms with Gasteiger partial charge in [0.05, 0.1) is 12.5 Å². The first-order chi connectivity index (χ1) is 8.51. The van der Waals surface area contributed by atoms with Crippen molar-refractivity contribution in [1.82, 2.24) is 0 Å². The summed E-state index contributed by atoms with van der Waals surface area (Å²) in [5, 5.41) is 9.69. The summed E-state index contributed by atoms with van der Waals surface area (Å²) >= 11 is 5.84. The van der Waals surface area contributed by atoms with Crippen LogP contribution in [0.2, 0.25) is 5.02 Å². The summed E-state index contributed by atoms with van der Waals surface area (Å²) in [6.07, 6.45) is 2.59. The molecule has 1 aromatic carbocycles. The number of hydrogen-bond donors (Lipinski definition) is 1. The average molecular weight is 273 g/mol. The molecule has 0 aromatic heterocycles. The molecule has 1 N–H and O–H groups in total. The molecule has 0 aliphatic heterocycles. The van der Waals surface area contributed by atoms with E-state index < -0.39 is 17.2 Å². The number of carbonyl (C=O) groups is 1. The Balaban J connectivity index is 2.64. The number of benzene rings is 1. The second-order valence-electron chi connectivity index (χ2n) is 4.56. The minimum absolute atomic E-state index is 0.0105. The molecular formula is C13H14ClFO3. The predicted molar refractivity (Wildman–Crippen MR) is 65.7 cm³/mol. The smallest absolute Gasteiger partial charge is 0.314 e. The number of hydrogen-bond acceptors (Lipinski definition) is 2. The van der Waals surface area contributed by atoms with E-state index in [1.165, 1.54) is 13.2 Å². The van der Waals surface area contributed by atoms with Gasteiger partial charge in [-0.3, -0.25) is 4.79 Å². The van der Waals surface area contributed by atoms with Crippen LogP contribution < -0.4 is 4.74 Å². The molecule has 0 atom stereocenters. The monoisotopic (exact) mass is 272 g/mol. The first-order valence-electron chi connectivity index (χ1n) is 5.78. The van der Waals surface area contributed by atoms with Crippen molar-refractivity contribution in [2.75, 3.05) is 7.11 Å². The van der Waals surface area contributed by atoms with Gasteiger partial charge in [-0.25, -0.2) is 4.39 Å². The van der Waals surface area contributed by atoms with Crippen molar-refractivity contribution >= 4 is 17.6 Å². The summed E-state index contributed by atoms with van der Waals surface area (Å²) in [4.78, 5) is 11.6. The molecule has 1 fully saturated rings. The highest BCUT2D eigenvalue weighted by molar-refractivity contribution is 6.30. The maximum absolute atomic E-state index is 13.8. The van der Waals surface area contributed by atoms with Gasteiger partial charge >= 0.3 is 5.97 Å². The predicted octanol–water partition coefficient (Wildman–Crippen LogP) is 3.38. The lowest BCUT2D eigenvalue weighted by Gasteiger charge is -2.26. The molecule has 1 aromatic rings. The molecule has 5 heteroatoms. The maximum Gasteiger partial charge on any atom is 0.314 e. The number of rotatable bonds is 3. The van der Waals surface area contributed by atoms with Crippen molar-refractivity contribution in [3.63, 3.8) is 0 Å². The second-order valence-corrected chi connectivity index (χ2v) is 5.00. The first-order valence-corrected chi connectivity index (χ1v) is 6.16. The Hall–Kier alpha value is -1.29. The summed E-state index contributed by atoms with van der Waals surface area (Å²) in [7, 11) is 1.33. The van der Waals surface area contributed by atoms with Gasteiger partial charge in [-0.05, 0) is 25.0 Å². The summed E-state index contributed by atoms with van der Waals surface area (Å²) in [6.45, 7) is 0. The van der Waals surface area contributed by atoms with Crippen LogP contribution in [-0.2, 0) is 10.2 Å². The van der Waals surface area contributed by atoms with Crippen molar-refractivity contribution in [3.8, 4) is 5.75 Å². The van der Waals surface area contributed by atoms with E-state index in [9.17, 15) is 14.3 Å². The van der Waals surface area contributed by atoms with E-state index in [2.05, 4.69) is 0 Å². The normalized spacial score (nSPS) is 17.7. The van der Waals surface area contributed by atoms with Gasteiger partial charge in [0.1, 0.15) is 0 Å². The zero-order chi connectivity index (χ0) is 13.3. The molecule has 0 spiro atoms. The summed E-state index contributed by atoms with van der Waals surface area (Å²) in [6, 6.07) is 2.64. The standard InChI is InChI=1S/C13H14ClFO3/c1-18-11-9(6-8(14)7-10(11)15)13(12(16)17)4-2-3-5-13/h6-7H,2-5H2,1H3,(H,16,17). The Morgan fingerprint density at radius 2 is 2.06 bits per heavy atom. The van der Waals surface area contributed by atoms with E-state index in [0.717, 1.165) is 18.9 Å². The molecule has 1 saturated carbocycles. The van der Waals surface area contributed by atoms with Crippen LogP contribution in [0.4, 0.5) is 4.39 Å². The van der Waals surface area contributed by atoms with Crippen LogP contribution >= 0.6 is 11.6 Å². The van der Waals surface area contributed by atoms with Gasteiger partial charge in [0.2, 0.25) is 0 Å². The van der Waals surface area contributed by atoms with E-state index in [1.54, 1.807) is 0 Å². The average Bonchev–Trinajstić information content (AvgIpc) is 2.78. The maximum atomic E-state index is 13.8. The van der Waals surface area contributed by atoms with E-state index in [-0.39, 0.29) is 10.8 Å². The zero-order valence-electron chi connectivity index (χ0n) is 10.0. The van der Waals surface area contributed by atoms with Gasteiger partial charge in [-0.1, -0.05) is 24.4 Å². The Labute approximate surface area is 110 Å². The highest BCUT2D eigenvalue weighted by atomic mass is 35.5. The highest BCUT2D eigenvalue weighted by Gasteiger charge is 2.45. The van der Waals surface area contributed by atoms with Crippen LogP contribution in [0.3, 0.4) is 0 Å². The van der Waals surface area contributed by atoms with Crippen LogP contribution in [0.25, 0.3) is 0 Å². The van der Waals surface area contributed by atoms with Gasteiger partial charge in [0.25, 0.3) is 0 Å². The quantitative estimate of drug-likeness (QED) is 0.917. The number of carboxylic acids is 1. The number of aliphatic carboxylic acids is 1. The van der Waals surface area contributed by atoms with Gasteiger partial charge in [0.15, 0.2) is 11.6 Å². The number of carboxylic acid groups (broad SMARTS) is 1. The van der Waals surface area contributed by atoms with E-state index in [4.69, 9.17) is 16.3 Å². The third kappa shape index (κ3) is 1.94. The minimum atomic E-state index is -1.07. The van der Waals surface area contributed by atoms with Crippen molar-refractivity contribution in [1.29, 1.82) is 0 Å². The molecule has 0 amide bonds. The molecule has 0 heterocycles. The molecule has 1 aliphatic carbocycles. The summed E-state index contributed by atoms with van der Waals surface area (Å²) < 4.78 is 18.8. The lowest BCUT2D eigenvalue weighted by atomic mass is 9.78. The number of halogens is 2. The van der Waals surface area contributed by atoms with Crippen LogP contribution in [0.15, 0.2) is 12.1 Å². The topological polar surface area (TPSA) is 46.5 Å². The van der Waals surface area contributed by atoms with Crippen molar-refractivity contribution in [2.24, 2.45) is 0 Å².